The average Bonchev–Trinajstić information content (AvgIpc) is 2.86. The molecule has 6 heteroatoms. The van der Waals surface area contributed by atoms with Crippen molar-refractivity contribution in [3.8, 4) is 11.5 Å². The van der Waals surface area contributed by atoms with Gasteiger partial charge in [-0.25, -0.2) is 4.79 Å². The first-order valence-electron chi connectivity index (χ1n) is 11.9. The summed E-state index contributed by atoms with van der Waals surface area (Å²) in [6.07, 6.45) is 0.864. The van der Waals surface area contributed by atoms with Crippen LogP contribution in [-0.4, -0.2) is 40.8 Å². The van der Waals surface area contributed by atoms with E-state index in [2.05, 4.69) is 0 Å². The molecule has 0 radical (unpaired) electrons. The lowest BCUT2D eigenvalue weighted by Crippen LogP contribution is -2.59. The fourth-order valence-corrected chi connectivity index (χ4v) is 4.46. The van der Waals surface area contributed by atoms with Gasteiger partial charge in [-0.05, 0) is 69.0 Å². The molecule has 1 fully saturated rings. The quantitative estimate of drug-likeness (QED) is 0.465. The number of benzene rings is 3. The van der Waals surface area contributed by atoms with Crippen molar-refractivity contribution in [3.05, 3.63) is 95.1 Å². The monoisotopic (exact) mass is 473 g/mol. The van der Waals surface area contributed by atoms with Crippen LogP contribution in [0.1, 0.15) is 39.9 Å². The van der Waals surface area contributed by atoms with Crippen LogP contribution in [0.25, 0.3) is 0 Å². The van der Waals surface area contributed by atoms with Crippen LogP contribution in [0.5, 0.6) is 11.5 Å². The Morgan fingerprint density at radius 2 is 1.29 bits per heavy atom. The number of carbonyl (C=O) groups excluding carboxylic acids is 1. The van der Waals surface area contributed by atoms with Crippen molar-refractivity contribution in [3.63, 3.8) is 0 Å². The Bertz CT molecular complexity index is 1150. The summed E-state index contributed by atoms with van der Waals surface area (Å²) in [7, 11) is 0. The van der Waals surface area contributed by atoms with E-state index in [4.69, 9.17) is 9.47 Å². The molecule has 1 aliphatic rings. The predicted octanol–water partition coefficient (Wildman–Crippen LogP) is 5.40. The summed E-state index contributed by atoms with van der Waals surface area (Å²) in [6.45, 7) is 6.56. The first kappa shape index (κ1) is 24.3. The van der Waals surface area contributed by atoms with Gasteiger partial charge in [0.25, 0.3) is 5.91 Å². The largest absolute Gasteiger partial charge is 0.475 e. The number of hydrogen-bond acceptors (Lipinski definition) is 4. The number of hydrogen-bond donors (Lipinski definition) is 1. The summed E-state index contributed by atoms with van der Waals surface area (Å²) in [5.41, 5.74) is 3.36. The minimum absolute atomic E-state index is 0.0518. The minimum atomic E-state index is -1.93. The van der Waals surface area contributed by atoms with Gasteiger partial charge >= 0.3 is 11.8 Å². The van der Waals surface area contributed by atoms with Gasteiger partial charge in [0.2, 0.25) is 0 Å². The Morgan fingerprint density at radius 1 is 0.800 bits per heavy atom. The first-order valence-corrected chi connectivity index (χ1v) is 11.9. The van der Waals surface area contributed by atoms with E-state index in [0.717, 1.165) is 16.7 Å². The molecule has 0 atom stereocenters. The molecule has 0 aromatic heterocycles. The van der Waals surface area contributed by atoms with E-state index in [0.29, 0.717) is 43.0 Å². The Labute approximate surface area is 206 Å². The molecule has 1 N–H and O–H groups in total. The van der Waals surface area contributed by atoms with E-state index in [1.165, 1.54) is 0 Å². The number of carbonyl (C=O) groups is 2. The van der Waals surface area contributed by atoms with Crippen LogP contribution in [-0.2, 0) is 4.79 Å². The molecular weight excluding hydrogens is 442 g/mol. The van der Waals surface area contributed by atoms with Gasteiger partial charge in [-0.15, -0.1) is 0 Å². The molecule has 0 spiro atoms. The molecule has 0 bridgehead atoms. The third kappa shape index (κ3) is 5.16. The van der Waals surface area contributed by atoms with E-state index in [9.17, 15) is 14.7 Å². The Morgan fingerprint density at radius 3 is 1.74 bits per heavy atom. The maximum Gasteiger partial charge on any atom is 0.390 e. The lowest BCUT2D eigenvalue weighted by atomic mass is 9.87. The zero-order valence-electron chi connectivity index (χ0n) is 20.4. The number of carboxylic acids is 1. The highest BCUT2D eigenvalue weighted by molar-refractivity contribution is 5.94. The number of ether oxygens (including phenoxy) is 2. The normalized spacial score (nSPS) is 14.4. The molecule has 1 saturated heterocycles. The number of nitrogens with zero attached hydrogens (tertiary/aromatic N) is 1. The number of likely N-dealkylation sites (tertiary alicyclic amines) is 1. The van der Waals surface area contributed by atoms with Gasteiger partial charge in [-0.2, -0.15) is 0 Å². The molecule has 3 aromatic carbocycles. The Balaban J connectivity index is 1.62. The van der Waals surface area contributed by atoms with Crippen LogP contribution in [0.2, 0.25) is 0 Å². The molecule has 4 rings (SSSR count). The summed E-state index contributed by atoms with van der Waals surface area (Å²) >= 11 is 0. The van der Waals surface area contributed by atoms with Gasteiger partial charge in [0.1, 0.15) is 11.5 Å². The van der Waals surface area contributed by atoms with Crippen LogP contribution < -0.4 is 9.47 Å². The SMILES string of the molecule is Cc1ccc(C(=O)N2CCC(C(Oc3ccccc3C)(Oc3ccccc3C)C(=O)O)CC2)cc1. The van der Waals surface area contributed by atoms with Gasteiger partial charge in [-0.1, -0.05) is 54.1 Å². The van der Waals surface area contributed by atoms with Gasteiger partial charge in [0.05, 0.1) is 5.92 Å². The second-order valence-corrected chi connectivity index (χ2v) is 9.14. The first-order chi connectivity index (χ1) is 16.8. The van der Waals surface area contributed by atoms with Crippen molar-refractivity contribution in [2.24, 2.45) is 5.92 Å². The summed E-state index contributed by atoms with van der Waals surface area (Å²) in [6, 6.07) is 22.1. The standard InChI is InChI=1S/C29H31NO5/c1-20-12-14-23(15-13-20)27(31)30-18-16-24(17-19-30)29(28(32)33,34-25-10-6-4-8-21(25)2)35-26-11-7-5-9-22(26)3/h4-15,24H,16-19H2,1-3H3,(H,32,33). The topological polar surface area (TPSA) is 76.1 Å². The highest BCUT2D eigenvalue weighted by atomic mass is 16.7. The second kappa shape index (κ2) is 10.2. The summed E-state index contributed by atoms with van der Waals surface area (Å²) < 4.78 is 12.5. The van der Waals surface area contributed by atoms with Crippen molar-refractivity contribution >= 4 is 11.9 Å². The number of aryl methyl sites for hydroxylation is 3. The third-order valence-corrected chi connectivity index (χ3v) is 6.63. The van der Waals surface area contributed by atoms with E-state index >= 15 is 0 Å². The van der Waals surface area contributed by atoms with E-state index in [1.807, 2.05) is 81.4 Å². The molecule has 3 aromatic rings. The van der Waals surface area contributed by atoms with Gasteiger partial charge in [0, 0.05) is 18.7 Å². The van der Waals surface area contributed by atoms with Gasteiger partial charge < -0.3 is 19.5 Å². The summed E-state index contributed by atoms with van der Waals surface area (Å²) in [5, 5.41) is 10.5. The van der Waals surface area contributed by atoms with E-state index in [1.54, 1.807) is 17.0 Å². The molecule has 1 heterocycles. The number of rotatable bonds is 7. The number of amides is 1. The van der Waals surface area contributed by atoms with Crippen molar-refractivity contribution in [2.45, 2.75) is 39.4 Å². The minimum Gasteiger partial charge on any atom is -0.475 e. The van der Waals surface area contributed by atoms with Crippen molar-refractivity contribution in [1.29, 1.82) is 0 Å². The molecule has 6 nitrogen and oxygen atoms in total. The third-order valence-electron chi connectivity index (χ3n) is 6.63. The lowest BCUT2D eigenvalue weighted by Gasteiger charge is -2.41. The fourth-order valence-electron chi connectivity index (χ4n) is 4.46. The Kier molecular flexibility index (Phi) is 7.10. The van der Waals surface area contributed by atoms with Crippen LogP contribution in [0.4, 0.5) is 0 Å². The number of carboxylic acid groups (broad SMARTS) is 1. The van der Waals surface area contributed by atoms with Crippen LogP contribution in [0, 0.1) is 26.7 Å². The maximum atomic E-state index is 13.0. The highest BCUT2D eigenvalue weighted by Gasteiger charge is 2.53. The molecule has 182 valence electrons. The van der Waals surface area contributed by atoms with Crippen LogP contribution >= 0.6 is 0 Å². The molecule has 0 aliphatic carbocycles. The molecule has 0 saturated carbocycles. The molecule has 0 unspecified atom stereocenters. The molecule has 35 heavy (non-hydrogen) atoms. The fraction of sp³-hybridized carbons (Fsp3) is 0.310. The zero-order chi connectivity index (χ0) is 25.0. The predicted molar refractivity (Wildman–Crippen MR) is 134 cm³/mol. The van der Waals surface area contributed by atoms with E-state index < -0.39 is 17.7 Å². The maximum absolute atomic E-state index is 13.0. The average molecular weight is 474 g/mol. The van der Waals surface area contributed by atoms with Gasteiger partial charge in [0.15, 0.2) is 0 Å². The summed E-state index contributed by atoms with van der Waals surface area (Å²) in [5.74, 6) is -2.72. The lowest BCUT2D eigenvalue weighted by molar-refractivity contribution is -0.204. The number of aliphatic carboxylic acids is 1. The highest BCUT2D eigenvalue weighted by Crippen LogP contribution is 2.37. The zero-order valence-corrected chi connectivity index (χ0v) is 20.4. The summed E-state index contributed by atoms with van der Waals surface area (Å²) in [4.78, 5) is 27.7. The van der Waals surface area contributed by atoms with Gasteiger partial charge in [-0.3, -0.25) is 4.79 Å². The van der Waals surface area contributed by atoms with Crippen LogP contribution in [0.15, 0.2) is 72.8 Å². The van der Waals surface area contributed by atoms with E-state index in [-0.39, 0.29) is 5.91 Å². The second-order valence-electron chi connectivity index (χ2n) is 9.14. The number of para-hydroxylation sites is 2. The number of piperidine rings is 1. The molecular formula is C29H31NO5. The molecule has 1 amide bonds. The molecule has 1 aliphatic heterocycles. The Hall–Kier alpha value is -3.80. The smallest absolute Gasteiger partial charge is 0.390 e. The van der Waals surface area contributed by atoms with Crippen molar-refractivity contribution in [2.75, 3.05) is 13.1 Å². The van der Waals surface area contributed by atoms with Crippen LogP contribution in [0.3, 0.4) is 0 Å². The van der Waals surface area contributed by atoms with Crippen molar-refractivity contribution < 1.29 is 24.2 Å². The van der Waals surface area contributed by atoms with Crippen molar-refractivity contribution in [1.82, 2.24) is 4.90 Å².